The summed E-state index contributed by atoms with van der Waals surface area (Å²) in [5.41, 5.74) is 6.18. The van der Waals surface area contributed by atoms with E-state index in [9.17, 15) is 8.42 Å². The Labute approximate surface area is 136 Å². The Bertz CT molecular complexity index is 580. The number of piperidine rings is 1. The number of halogens is 2. The predicted molar refractivity (Wildman–Crippen MR) is 87.7 cm³/mol. The second kappa shape index (κ2) is 6.74. The van der Waals surface area contributed by atoms with Gasteiger partial charge in [-0.15, -0.1) is 0 Å². The minimum atomic E-state index is -3.53. The number of rotatable bonds is 4. The number of anilines is 1. The summed E-state index contributed by atoms with van der Waals surface area (Å²) in [5.74, 6) is 0.244. The third-order valence-corrected chi connectivity index (χ3v) is 5.96. The van der Waals surface area contributed by atoms with Crippen LogP contribution in [0.3, 0.4) is 0 Å². The smallest absolute Gasteiger partial charge is 0.301 e. The molecular formula is C12H17Br2N3O2S. The van der Waals surface area contributed by atoms with Gasteiger partial charge in [-0.25, -0.2) is 0 Å². The fourth-order valence-corrected chi connectivity index (χ4v) is 4.85. The van der Waals surface area contributed by atoms with Gasteiger partial charge in [0, 0.05) is 22.0 Å². The molecule has 0 amide bonds. The lowest BCUT2D eigenvalue weighted by Crippen LogP contribution is -2.44. The molecule has 1 aromatic carbocycles. The fraction of sp³-hybridized carbons (Fsp3) is 0.500. The van der Waals surface area contributed by atoms with E-state index in [4.69, 9.17) is 5.73 Å². The van der Waals surface area contributed by atoms with E-state index in [1.165, 1.54) is 4.31 Å². The molecule has 1 atom stereocenters. The summed E-state index contributed by atoms with van der Waals surface area (Å²) in [6.07, 6.45) is 1.84. The summed E-state index contributed by atoms with van der Waals surface area (Å²) in [6.45, 7) is 1.55. The third-order valence-electron chi connectivity index (χ3n) is 3.33. The van der Waals surface area contributed by atoms with Gasteiger partial charge in [-0.2, -0.15) is 12.7 Å². The molecule has 1 aromatic rings. The van der Waals surface area contributed by atoms with E-state index < -0.39 is 10.2 Å². The Kier molecular flexibility index (Phi) is 5.47. The molecule has 20 heavy (non-hydrogen) atoms. The first-order chi connectivity index (χ1) is 9.42. The molecule has 0 saturated carbocycles. The van der Waals surface area contributed by atoms with E-state index in [0.29, 0.717) is 29.8 Å². The van der Waals surface area contributed by atoms with Crippen molar-refractivity contribution in [1.82, 2.24) is 4.31 Å². The summed E-state index contributed by atoms with van der Waals surface area (Å²) in [6, 6.07) is 5.31. The van der Waals surface area contributed by atoms with Gasteiger partial charge in [0.1, 0.15) is 0 Å². The molecule has 1 fully saturated rings. The van der Waals surface area contributed by atoms with Gasteiger partial charge in [0.15, 0.2) is 0 Å². The van der Waals surface area contributed by atoms with E-state index in [2.05, 4.69) is 36.6 Å². The van der Waals surface area contributed by atoms with E-state index in [0.717, 1.165) is 17.3 Å². The Morgan fingerprint density at radius 1 is 1.40 bits per heavy atom. The number of nitrogens with one attached hydrogen (secondary N) is 1. The molecule has 2 rings (SSSR count). The summed E-state index contributed by atoms with van der Waals surface area (Å²) in [5, 5.41) is 0. The monoisotopic (exact) mass is 425 g/mol. The van der Waals surface area contributed by atoms with Crippen molar-refractivity contribution in [3.63, 3.8) is 0 Å². The molecule has 0 aromatic heterocycles. The fourth-order valence-electron chi connectivity index (χ4n) is 2.21. The second-order valence-corrected chi connectivity index (χ2v) is 8.27. The van der Waals surface area contributed by atoms with Crippen LogP contribution in [0, 0.1) is 5.92 Å². The highest BCUT2D eigenvalue weighted by Crippen LogP contribution is 2.28. The molecule has 0 aliphatic carbocycles. The van der Waals surface area contributed by atoms with Crippen LogP contribution in [0.2, 0.25) is 0 Å². The predicted octanol–water partition coefficient (Wildman–Crippen LogP) is 2.54. The average Bonchev–Trinajstić information content (AvgIpc) is 2.42. The molecule has 1 unspecified atom stereocenters. The lowest BCUT2D eigenvalue weighted by molar-refractivity contribution is 0.273. The zero-order valence-electron chi connectivity index (χ0n) is 10.9. The molecule has 3 N–H and O–H groups in total. The largest absolute Gasteiger partial charge is 0.330 e. The zero-order valence-corrected chi connectivity index (χ0v) is 14.8. The number of nitrogens with two attached hydrogens (primary N) is 1. The summed E-state index contributed by atoms with van der Waals surface area (Å²) in [7, 11) is -3.53. The van der Waals surface area contributed by atoms with Crippen LogP contribution in [0.5, 0.6) is 0 Å². The lowest BCUT2D eigenvalue weighted by Gasteiger charge is -2.31. The molecule has 1 saturated heterocycles. The van der Waals surface area contributed by atoms with Gasteiger partial charge < -0.3 is 5.73 Å². The van der Waals surface area contributed by atoms with E-state index in [1.54, 1.807) is 18.2 Å². The molecule has 0 radical (unpaired) electrons. The molecule has 112 valence electrons. The van der Waals surface area contributed by atoms with Crippen molar-refractivity contribution in [2.24, 2.45) is 11.7 Å². The molecule has 1 aliphatic heterocycles. The molecule has 1 aliphatic rings. The van der Waals surface area contributed by atoms with Crippen molar-refractivity contribution in [1.29, 1.82) is 0 Å². The van der Waals surface area contributed by atoms with Gasteiger partial charge in [0.25, 0.3) is 0 Å². The van der Waals surface area contributed by atoms with Gasteiger partial charge in [-0.3, -0.25) is 4.72 Å². The molecule has 0 spiro atoms. The molecular weight excluding hydrogens is 410 g/mol. The Morgan fingerprint density at radius 3 is 2.80 bits per heavy atom. The first kappa shape index (κ1) is 16.2. The molecule has 8 heteroatoms. The van der Waals surface area contributed by atoms with Crippen molar-refractivity contribution >= 4 is 47.8 Å². The number of nitrogens with zero attached hydrogens (tertiary/aromatic N) is 1. The highest BCUT2D eigenvalue weighted by Gasteiger charge is 2.28. The van der Waals surface area contributed by atoms with Crippen molar-refractivity contribution in [3.05, 3.63) is 27.1 Å². The first-order valence-corrected chi connectivity index (χ1v) is 9.38. The molecule has 0 bridgehead atoms. The van der Waals surface area contributed by atoms with Gasteiger partial charge >= 0.3 is 10.2 Å². The van der Waals surface area contributed by atoms with E-state index >= 15 is 0 Å². The van der Waals surface area contributed by atoms with E-state index in [-0.39, 0.29) is 5.92 Å². The quantitative estimate of drug-likeness (QED) is 0.776. The van der Waals surface area contributed by atoms with Crippen LogP contribution in [0.25, 0.3) is 0 Å². The number of benzene rings is 1. The minimum Gasteiger partial charge on any atom is -0.330 e. The lowest BCUT2D eigenvalue weighted by atomic mass is 10.0. The van der Waals surface area contributed by atoms with Crippen molar-refractivity contribution < 1.29 is 8.42 Å². The Hall–Kier alpha value is -0.150. The standard InChI is InChI=1S/C12H17Br2N3O2S/c13-10-3-4-12(11(14)6-10)16-20(18,19)17-5-1-2-9(7-15)8-17/h3-4,6,9,16H,1-2,5,7-8,15H2. The molecule has 1 heterocycles. The normalized spacial score (nSPS) is 20.9. The van der Waals surface area contributed by atoms with Gasteiger partial charge in [-0.05, 0) is 59.4 Å². The number of hydrogen-bond donors (Lipinski definition) is 2. The van der Waals surface area contributed by atoms with Crippen LogP contribution >= 0.6 is 31.9 Å². The van der Waals surface area contributed by atoms with Crippen LogP contribution < -0.4 is 10.5 Å². The highest BCUT2D eigenvalue weighted by molar-refractivity contribution is 9.11. The van der Waals surface area contributed by atoms with Crippen LogP contribution in [0.4, 0.5) is 5.69 Å². The zero-order chi connectivity index (χ0) is 14.8. The van der Waals surface area contributed by atoms with Gasteiger partial charge in [-0.1, -0.05) is 15.9 Å². The average molecular weight is 427 g/mol. The van der Waals surface area contributed by atoms with Crippen LogP contribution in [-0.2, 0) is 10.2 Å². The Balaban J connectivity index is 2.14. The SMILES string of the molecule is NCC1CCCN(S(=O)(=O)Nc2ccc(Br)cc2Br)C1. The third kappa shape index (κ3) is 3.94. The maximum atomic E-state index is 12.4. The van der Waals surface area contributed by atoms with Crippen LogP contribution in [-0.4, -0.2) is 32.4 Å². The van der Waals surface area contributed by atoms with Crippen molar-refractivity contribution in [3.8, 4) is 0 Å². The number of hydrogen-bond acceptors (Lipinski definition) is 3. The van der Waals surface area contributed by atoms with E-state index in [1.807, 2.05) is 0 Å². The maximum Gasteiger partial charge on any atom is 0.301 e. The summed E-state index contributed by atoms with van der Waals surface area (Å²) in [4.78, 5) is 0. The van der Waals surface area contributed by atoms with Crippen molar-refractivity contribution in [2.75, 3.05) is 24.4 Å². The van der Waals surface area contributed by atoms with Gasteiger partial charge in [0.2, 0.25) is 0 Å². The topological polar surface area (TPSA) is 75.4 Å². The minimum absolute atomic E-state index is 0.244. The molecule has 5 nitrogen and oxygen atoms in total. The summed E-state index contributed by atoms with van der Waals surface area (Å²) < 4.78 is 30.5. The maximum absolute atomic E-state index is 12.4. The summed E-state index contributed by atoms with van der Waals surface area (Å²) >= 11 is 6.69. The van der Waals surface area contributed by atoms with Crippen molar-refractivity contribution in [2.45, 2.75) is 12.8 Å². The van der Waals surface area contributed by atoms with Gasteiger partial charge in [0.05, 0.1) is 5.69 Å². The first-order valence-electron chi connectivity index (χ1n) is 6.35. The second-order valence-electron chi connectivity index (χ2n) is 4.83. The Morgan fingerprint density at radius 2 is 2.15 bits per heavy atom. The van der Waals surface area contributed by atoms with Crippen LogP contribution in [0.15, 0.2) is 27.1 Å². The highest BCUT2D eigenvalue weighted by atomic mass is 79.9. The van der Waals surface area contributed by atoms with Crippen LogP contribution in [0.1, 0.15) is 12.8 Å².